The van der Waals surface area contributed by atoms with Crippen LogP contribution in [0.25, 0.3) is 0 Å². The molecule has 3 rings (SSSR count). The first-order valence-electron chi connectivity index (χ1n) is 17.1. The van der Waals surface area contributed by atoms with E-state index in [0.29, 0.717) is 47.8 Å². The summed E-state index contributed by atoms with van der Waals surface area (Å²) in [6.07, 6.45) is 29.5. The van der Waals surface area contributed by atoms with Gasteiger partial charge >= 0.3 is 0 Å². The van der Waals surface area contributed by atoms with E-state index in [1.165, 1.54) is 0 Å². The number of amides is 2. The zero-order valence-electron chi connectivity index (χ0n) is 28.7. The second kappa shape index (κ2) is 20.9. The zero-order chi connectivity index (χ0) is 34.6. The van der Waals surface area contributed by atoms with Crippen LogP contribution >= 0.6 is 11.6 Å². The number of hydrogen-bond donors (Lipinski definition) is 1. The van der Waals surface area contributed by atoms with Gasteiger partial charge < -0.3 is 15.0 Å². The van der Waals surface area contributed by atoms with Crippen LogP contribution in [0.5, 0.6) is 5.75 Å². The van der Waals surface area contributed by atoms with Gasteiger partial charge in [-0.1, -0.05) is 79.3 Å². The highest BCUT2D eigenvalue weighted by Crippen LogP contribution is 2.24. The molecule has 256 valence electrons. The van der Waals surface area contributed by atoms with Crippen LogP contribution in [0.4, 0.5) is 0 Å². The Morgan fingerprint density at radius 3 is 1.90 bits per heavy atom. The summed E-state index contributed by atoms with van der Waals surface area (Å²) in [5, 5.41) is 3.66. The van der Waals surface area contributed by atoms with Gasteiger partial charge in [0.05, 0.1) is 0 Å². The molecule has 0 aliphatic carbocycles. The van der Waals surface area contributed by atoms with Gasteiger partial charge in [0.25, 0.3) is 5.91 Å². The van der Waals surface area contributed by atoms with Crippen LogP contribution in [0.2, 0.25) is 5.02 Å². The van der Waals surface area contributed by atoms with Crippen molar-refractivity contribution >= 4 is 29.2 Å². The molecule has 1 fully saturated rings. The van der Waals surface area contributed by atoms with E-state index < -0.39 is 5.60 Å². The highest BCUT2D eigenvalue weighted by molar-refractivity contribution is 6.30. The smallest absolute Gasteiger partial charge is 0.266 e. The van der Waals surface area contributed by atoms with Gasteiger partial charge in [0.15, 0.2) is 11.4 Å². The Morgan fingerprint density at radius 2 is 1.33 bits per heavy atom. The van der Waals surface area contributed by atoms with Gasteiger partial charge in [-0.15, -0.1) is 0 Å². The van der Waals surface area contributed by atoms with Crippen molar-refractivity contribution in [2.75, 3.05) is 13.1 Å². The lowest BCUT2D eigenvalue weighted by Crippen LogP contribution is -2.49. The molecule has 1 atom stereocenters. The summed E-state index contributed by atoms with van der Waals surface area (Å²) >= 11 is 5.93. The Morgan fingerprint density at radius 1 is 0.812 bits per heavy atom. The minimum absolute atomic E-state index is 0.0189. The number of nitrogens with one attached hydrogen (secondary N) is 1. The molecule has 0 bridgehead atoms. The fourth-order valence-electron chi connectivity index (χ4n) is 5.27. The predicted octanol–water partition coefficient (Wildman–Crippen LogP) is 9.37. The summed E-state index contributed by atoms with van der Waals surface area (Å²) in [6.45, 7) is 6.64. The number of ketones is 1. The minimum Gasteiger partial charge on any atom is -0.478 e. The molecular weight excluding hydrogens is 620 g/mol. The van der Waals surface area contributed by atoms with Gasteiger partial charge in [0.1, 0.15) is 5.75 Å². The summed E-state index contributed by atoms with van der Waals surface area (Å²) in [6, 6.07) is 13.5. The van der Waals surface area contributed by atoms with Crippen molar-refractivity contribution in [3.8, 4) is 5.75 Å². The molecular formula is C41H51ClN2O4. The quantitative estimate of drug-likeness (QED) is 0.0918. The summed E-state index contributed by atoms with van der Waals surface area (Å²) in [4.78, 5) is 40.4. The largest absolute Gasteiger partial charge is 0.478 e. The van der Waals surface area contributed by atoms with E-state index in [4.69, 9.17) is 16.3 Å². The first kappa shape index (κ1) is 38.3. The number of benzene rings is 2. The Kier molecular flexibility index (Phi) is 16.7. The lowest BCUT2D eigenvalue weighted by Gasteiger charge is -2.30. The lowest BCUT2D eigenvalue weighted by molar-refractivity contribution is -0.144. The molecule has 2 aromatic rings. The number of allylic oxidation sites excluding steroid dienone is 10. The molecule has 2 amide bonds. The number of likely N-dealkylation sites (tertiary alicyclic amines) is 1. The van der Waals surface area contributed by atoms with Crippen LogP contribution in [-0.4, -0.2) is 47.2 Å². The van der Waals surface area contributed by atoms with Crippen LogP contribution in [0.15, 0.2) is 109 Å². The van der Waals surface area contributed by atoms with E-state index in [2.05, 4.69) is 73.0 Å². The first-order chi connectivity index (χ1) is 23.2. The molecule has 2 aromatic carbocycles. The third kappa shape index (κ3) is 13.9. The molecule has 1 saturated heterocycles. The summed E-state index contributed by atoms with van der Waals surface area (Å²) < 4.78 is 6.07. The van der Waals surface area contributed by atoms with E-state index in [1.54, 1.807) is 67.3 Å². The monoisotopic (exact) mass is 670 g/mol. The van der Waals surface area contributed by atoms with Crippen molar-refractivity contribution in [1.29, 1.82) is 0 Å². The maximum Gasteiger partial charge on any atom is 0.266 e. The summed E-state index contributed by atoms with van der Waals surface area (Å²) in [5.74, 6) is 0.259. The molecule has 1 N–H and O–H groups in total. The van der Waals surface area contributed by atoms with Gasteiger partial charge in [-0.05, 0) is 114 Å². The Labute approximate surface area is 292 Å². The molecule has 1 heterocycles. The second-order valence-electron chi connectivity index (χ2n) is 12.4. The molecule has 7 heteroatoms. The first-order valence-corrected chi connectivity index (χ1v) is 17.5. The SMILES string of the molecule is CC/C=C\C/C=C\C/C=C\C/C=C\C/C=C\CCCC(=O)N[C@@H]1CCN(C(=O)C(C)(C)Oc2ccc(C(=O)c3ccc(Cl)cc3)cc2)C1. The highest BCUT2D eigenvalue weighted by atomic mass is 35.5. The number of nitrogens with zero attached hydrogens (tertiary/aromatic N) is 1. The fraction of sp³-hybridized carbons (Fsp3) is 0.390. The van der Waals surface area contributed by atoms with Gasteiger partial charge in [-0.25, -0.2) is 0 Å². The average Bonchev–Trinajstić information content (AvgIpc) is 3.54. The molecule has 0 radical (unpaired) electrons. The number of rotatable bonds is 19. The van der Waals surface area contributed by atoms with Crippen LogP contribution in [0, 0.1) is 0 Å². The standard InChI is InChI=1S/C41H51ClN2O4/c1-4-5-6-7-8-9-10-11-12-13-14-15-16-17-18-19-20-21-38(45)43-36-30-31-44(32-36)40(47)41(2,3)48-37-28-24-34(25-29-37)39(46)33-22-26-35(42)27-23-33/h5-6,8-9,11-12,14-15,17-18,22-29,36H,4,7,10,13,16,19-21,30-32H2,1-3H3,(H,43,45)/b6-5-,9-8-,12-11-,15-14-,18-17-/t36-/m1/s1. The maximum atomic E-state index is 13.3. The third-order valence-electron chi connectivity index (χ3n) is 7.88. The van der Waals surface area contributed by atoms with Crippen molar-refractivity contribution in [2.24, 2.45) is 0 Å². The minimum atomic E-state index is -1.11. The van der Waals surface area contributed by atoms with Gasteiger partial charge in [-0.2, -0.15) is 0 Å². The molecule has 6 nitrogen and oxygen atoms in total. The van der Waals surface area contributed by atoms with E-state index in [0.717, 1.165) is 44.9 Å². The number of carbonyl (C=O) groups is 3. The maximum absolute atomic E-state index is 13.3. The van der Waals surface area contributed by atoms with Crippen LogP contribution < -0.4 is 10.1 Å². The van der Waals surface area contributed by atoms with Gasteiger partial charge in [0.2, 0.25) is 5.91 Å². The van der Waals surface area contributed by atoms with Gasteiger partial charge in [0, 0.05) is 41.7 Å². The normalized spacial score (nSPS) is 15.5. The highest BCUT2D eigenvalue weighted by Gasteiger charge is 2.38. The average molecular weight is 671 g/mol. The Hall–Kier alpha value is -4.16. The topological polar surface area (TPSA) is 75.7 Å². The van der Waals surface area contributed by atoms with Crippen LogP contribution in [0.1, 0.15) is 94.5 Å². The van der Waals surface area contributed by atoms with Gasteiger partial charge in [-0.3, -0.25) is 14.4 Å². The van der Waals surface area contributed by atoms with E-state index in [1.807, 2.05) is 0 Å². The summed E-state index contributed by atoms with van der Waals surface area (Å²) in [7, 11) is 0. The van der Waals surface area contributed by atoms with Crippen molar-refractivity contribution in [2.45, 2.75) is 90.2 Å². The lowest BCUT2D eigenvalue weighted by atomic mass is 10.0. The second-order valence-corrected chi connectivity index (χ2v) is 12.8. The third-order valence-corrected chi connectivity index (χ3v) is 8.14. The molecule has 0 unspecified atom stereocenters. The van der Waals surface area contributed by atoms with E-state index in [-0.39, 0.29) is 23.6 Å². The van der Waals surface area contributed by atoms with E-state index >= 15 is 0 Å². The van der Waals surface area contributed by atoms with E-state index in [9.17, 15) is 14.4 Å². The molecule has 0 spiro atoms. The molecule has 1 aliphatic rings. The zero-order valence-corrected chi connectivity index (χ0v) is 29.5. The van der Waals surface area contributed by atoms with Crippen LogP contribution in [0.3, 0.4) is 0 Å². The van der Waals surface area contributed by atoms with Crippen molar-refractivity contribution in [1.82, 2.24) is 10.2 Å². The van der Waals surface area contributed by atoms with Crippen molar-refractivity contribution < 1.29 is 19.1 Å². The summed E-state index contributed by atoms with van der Waals surface area (Å²) in [5.41, 5.74) is -0.0451. The van der Waals surface area contributed by atoms with Crippen molar-refractivity contribution in [3.05, 3.63) is 125 Å². The fourth-order valence-corrected chi connectivity index (χ4v) is 5.40. The molecule has 0 aromatic heterocycles. The van der Waals surface area contributed by atoms with Crippen molar-refractivity contribution in [3.63, 3.8) is 0 Å². The predicted molar refractivity (Wildman–Crippen MR) is 197 cm³/mol. The van der Waals surface area contributed by atoms with Crippen LogP contribution in [-0.2, 0) is 9.59 Å². The number of carbonyl (C=O) groups excluding carboxylic acids is 3. The number of unbranched alkanes of at least 4 members (excludes halogenated alkanes) is 1. The Balaban J connectivity index is 1.29. The molecule has 0 saturated carbocycles. The number of ether oxygens (including phenoxy) is 1. The number of halogens is 1. The molecule has 48 heavy (non-hydrogen) atoms. The number of hydrogen-bond acceptors (Lipinski definition) is 4. The molecule has 1 aliphatic heterocycles. The Bertz CT molecular complexity index is 1450.